The molecule has 0 aromatic heterocycles. The van der Waals surface area contributed by atoms with Gasteiger partial charge in [-0.2, -0.15) is 0 Å². The van der Waals surface area contributed by atoms with Gasteiger partial charge in [0.05, 0.1) is 32.5 Å². The highest BCUT2D eigenvalue weighted by Crippen LogP contribution is 2.44. The van der Waals surface area contributed by atoms with Gasteiger partial charge in [-0.15, -0.1) is 0 Å². The van der Waals surface area contributed by atoms with Gasteiger partial charge in [-0.25, -0.2) is 0 Å². The standard InChI is InChI=1S/C29H29NO6/c1-18-14-24-21(16-30(17-35-24)13-12-19-8-5-6-10-22(19)32-2)29-26(18)27(31)25(36-29)15-20-9-7-11-23(33-3)28(20)34-4/h5-11,14-15H,12-13,16-17H2,1-4H3/b25-15-. The van der Waals surface area contributed by atoms with Crippen LogP contribution < -0.4 is 23.7 Å². The van der Waals surface area contributed by atoms with E-state index >= 15 is 0 Å². The molecule has 2 heterocycles. The van der Waals surface area contributed by atoms with E-state index in [2.05, 4.69) is 11.0 Å². The van der Waals surface area contributed by atoms with Crippen LogP contribution in [0.1, 0.15) is 32.6 Å². The van der Waals surface area contributed by atoms with E-state index in [-0.39, 0.29) is 11.5 Å². The zero-order chi connectivity index (χ0) is 25.2. The minimum Gasteiger partial charge on any atom is -0.496 e. The van der Waals surface area contributed by atoms with Crippen LogP contribution in [-0.2, 0) is 13.0 Å². The summed E-state index contributed by atoms with van der Waals surface area (Å²) in [5, 5.41) is 0. The number of ketones is 1. The number of para-hydroxylation sites is 2. The fraction of sp³-hybridized carbons (Fsp3) is 0.276. The molecule has 3 aromatic rings. The lowest BCUT2D eigenvalue weighted by atomic mass is 9.98. The van der Waals surface area contributed by atoms with Crippen molar-refractivity contribution in [2.45, 2.75) is 19.9 Å². The van der Waals surface area contributed by atoms with E-state index in [1.165, 1.54) is 0 Å². The molecule has 0 radical (unpaired) electrons. The van der Waals surface area contributed by atoms with Gasteiger partial charge in [0.2, 0.25) is 5.78 Å². The fourth-order valence-electron chi connectivity index (χ4n) is 4.77. The summed E-state index contributed by atoms with van der Waals surface area (Å²) < 4.78 is 28.7. The van der Waals surface area contributed by atoms with Crippen molar-refractivity contribution in [3.8, 4) is 28.7 Å². The Morgan fingerprint density at radius 2 is 1.78 bits per heavy atom. The molecule has 0 unspecified atom stereocenters. The second kappa shape index (κ2) is 9.95. The van der Waals surface area contributed by atoms with Crippen LogP contribution in [0.25, 0.3) is 6.08 Å². The fourth-order valence-corrected chi connectivity index (χ4v) is 4.77. The number of aryl methyl sites for hydroxylation is 1. The van der Waals surface area contributed by atoms with Crippen molar-refractivity contribution in [1.82, 2.24) is 4.90 Å². The topological polar surface area (TPSA) is 66.5 Å². The lowest BCUT2D eigenvalue weighted by molar-refractivity contribution is 0.0947. The summed E-state index contributed by atoms with van der Waals surface area (Å²) in [6.07, 6.45) is 2.52. The van der Waals surface area contributed by atoms with Crippen LogP contribution in [-0.4, -0.2) is 45.3 Å². The summed E-state index contributed by atoms with van der Waals surface area (Å²) in [6, 6.07) is 15.5. The van der Waals surface area contributed by atoms with Crippen molar-refractivity contribution in [2.75, 3.05) is 34.6 Å². The molecule has 0 fully saturated rings. The zero-order valence-corrected chi connectivity index (χ0v) is 20.9. The first kappa shape index (κ1) is 23.8. The summed E-state index contributed by atoms with van der Waals surface area (Å²) in [4.78, 5) is 15.6. The van der Waals surface area contributed by atoms with E-state index in [0.29, 0.717) is 41.7 Å². The van der Waals surface area contributed by atoms with Crippen LogP contribution in [0, 0.1) is 6.92 Å². The van der Waals surface area contributed by atoms with Crippen molar-refractivity contribution in [1.29, 1.82) is 0 Å². The van der Waals surface area contributed by atoms with Gasteiger partial charge in [0.25, 0.3) is 0 Å². The van der Waals surface area contributed by atoms with Gasteiger partial charge in [0, 0.05) is 18.7 Å². The molecule has 2 aliphatic heterocycles. The third-order valence-electron chi connectivity index (χ3n) is 6.60. The van der Waals surface area contributed by atoms with Crippen molar-refractivity contribution in [2.24, 2.45) is 0 Å². The largest absolute Gasteiger partial charge is 0.496 e. The van der Waals surface area contributed by atoms with Crippen LogP contribution in [0.3, 0.4) is 0 Å². The van der Waals surface area contributed by atoms with Gasteiger partial charge in [-0.3, -0.25) is 9.69 Å². The molecule has 0 spiro atoms. The van der Waals surface area contributed by atoms with E-state index in [1.807, 2.05) is 49.4 Å². The Bertz CT molecular complexity index is 1350. The highest BCUT2D eigenvalue weighted by Gasteiger charge is 2.35. The Kier molecular flexibility index (Phi) is 6.57. The number of allylic oxidation sites excluding steroid dienone is 1. The maximum absolute atomic E-state index is 13.4. The van der Waals surface area contributed by atoms with Crippen LogP contribution in [0.2, 0.25) is 0 Å². The lowest BCUT2D eigenvalue weighted by Gasteiger charge is -2.30. The highest BCUT2D eigenvalue weighted by atomic mass is 16.5. The van der Waals surface area contributed by atoms with Gasteiger partial charge in [-0.05, 0) is 48.7 Å². The van der Waals surface area contributed by atoms with Crippen LogP contribution in [0.5, 0.6) is 28.7 Å². The summed E-state index contributed by atoms with van der Waals surface area (Å²) in [5.41, 5.74) is 4.14. The molecule has 7 nitrogen and oxygen atoms in total. The van der Waals surface area contributed by atoms with E-state index < -0.39 is 0 Å². The minimum atomic E-state index is -0.152. The molecule has 0 saturated carbocycles. The van der Waals surface area contributed by atoms with Crippen molar-refractivity contribution in [3.63, 3.8) is 0 Å². The summed E-state index contributed by atoms with van der Waals surface area (Å²) >= 11 is 0. The number of rotatable bonds is 7. The summed E-state index contributed by atoms with van der Waals surface area (Å²) in [7, 11) is 4.84. The van der Waals surface area contributed by atoms with Crippen molar-refractivity contribution >= 4 is 11.9 Å². The maximum atomic E-state index is 13.4. The Morgan fingerprint density at radius 1 is 1.00 bits per heavy atom. The molecule has 7 heteroatoms. The Hall–Kier alpha value is -3.97. The van der Waals surface area contributed by atoms with Gasteiger partial charge in [0.1, 0.15) is 24.0 Å². The number of fused-ring (bicyclic) bond motifs is 3. The molecule has 2 aliphatic rings. The van der Waals surface area contributed by atoms with E-state index in [1.54, 1.807) is 27.4 Å². The number of nitrogens with zero attached hydrogens (tertiary/aromatic N) is 1. The number of methoxy groups -OCH3 is 3. The molecule has 0 amide bonds. The third kappa shape index (κ3) is 4.27. The molecule has 186 valence electrons. The monoisotopic (exact) mass is 487 g/mol. The maximum Gasteiger partial charge on any atom is 0.232 e. The second-order valence-corrected chi connectivity index (χ2v) is 8.78. The summed E-state index contributed by atoms with van der Waals surface area (Å²) in [5.74, 6) is 3.44. The first-order valence-electron chi connectivity index (χ1n) is 11.8. The molecule has 5 rings (SSSR count). The average molecular weight is 488 g/mol. The Balaban J connectivity index is 1.42. The van der Waals surface area contributed by atoms with Crippen LogP contribution >= 0.6 is 0 Å². The van der Waals surface area contributed by atoms with Gasteiger partial charge < -0.3 is 23.7 Å². The molecule has 0 atom stereocenters. The zero-order valence-electron chi connectivity index (χ0n) is 20.9. The number of carbonyl (C=O) groups is 1. The van der Waals surface area contributed by atoms with Gasteiger partial charge >= 0.3 is 0 Å². The number of carbonyl (C=O) groups excluding carboxylic acids is 1. The quantitative estimate of drug-likeness (QED) is 0.433. The lowest BCUT2D eigenvalue weighted by Crippen LogP contribution is -2.34. The Labute approximate surface area is 210 Å². The third-order valence-corrected chi connectivity index (χ3v) is 6.60. The molecule has 0 N–H and O–H groups in total. The smallest absolute Gasteiger partial charge is 0.232 e. The predicted molar refractivity (Wildman–Crippen MR) is 136 cm³/mol. The highest BCUT2D eigenvalue weighted by molar-refractivity contribution is 6.16. The van der Waals surface area contributed by atoms with E-state index in [0.717, 1.165) is 41.2 Å². The molecule has 0 aliphatic carbocycles. The number of hydrogen-bond donors (Lipinski definition) is 0. The molecular weight excluding hydrogens is 458 g/mol. The van der Waals surface area contributed by atoms with E-state index in [9.17, 15) is 4.79 Å². The normalized spacial score (nSPS) is 15.7. The van der Waals surface area contributed by atoms with Crippen LogP contribution in [0.15, 0.2) is 54.3 Å². The van der Waals surface area contributed by atoms with Crippen LogP contribution in [0.4, 0.5) is 0 Å². The number of hydrogen-bond acceptors (Lipinski definition) is 7. The van der Waals surface area contributed by atoms with Crippen molar-refractivity contribution < 1.29 is 28.5 Å². The van der Waals surface area contributed by atoms with E-state index in [4.69, 9.17) is 23.7 Å². The molecule has 0 saturated heterocycles. The first-order chi connectivity index (χ1) is 17.5. The second-order valence-electron chi connectivity index (χ2n) is 8.78. The number of ether oxygens (including phenoxy) is 5. The number of Topliss-reactive ketones (excluding diaryl/α,β-unsaturated/α-hetero) is 1. The predicted octanol–water partition coefficient (Wildman–Crippen LogP) is 5.03. The molecule has 3 aromatic carbocycles. The van der Waals surface area contributed by atoms with Crippen molar-refractivity contribution in [3.05, 3.63) is 82.1 Å². The number of benzene rings is 3. The molecule has 36 heavy (non-hydrogen) atoms. The SMILES string of the molecule is COc1ccccc1CCN1COc2cc(C)c3c(c2C1)O/C(=C\c1cccc(OC)c1OC)C3=O. The van der Waals surface area contributed by atoms with Gasteiger partial charge in [-0.1, -0.05) is 30.3 Å². The van der Waals surface area contributed by atoms with Gasteiger partial charge in [0.15, 0.2) is 17.3 Å². The Morgan fingerprint density at radius 3 is 2.56 bits per heavy atom. The summed E-state index contributed by atoms with van der Waals surface area (Å²) in [6.45, 7) is 3.78. The average Bonchev–Trinajstić information content (AvgIpc) is 3.24. The minimum absolute atomic E-state index is 0.152. The molecular formula is C29H29NO6. The molecule has 0 bridgehead atoms. The first-order valence-corrected chi connectivity index (χ1v) is 11.8.